The van der Waals surface area contributed by atoms with Crippen LogP contribution in [0.4, 0.5) is 0 Å². The largest absolute Gasteiger partial charge is 0.341 e. The average molecular weight is 338 g/mol. The number of hydrogen-bond donors (Lipinski definition) is 0. The molecule has 1 atom stereocenters. The van der Waals surface area contributed by atoms with Gasteiger partial charge in [0, 0.05) is 18.8 Å². The van der Waals surface area contributed by atoms with Gasteiger partial charge in [-0.05, 0) is 24.1 Å². The Morgan fingerprint density at radius 3 is 2.64 bits per heavy atom. The van der Waals surface area contributed by atoms with E-state index in [1.807, 2.05) is 12.1 Å². The molecule has 0 spiro atoms. The molecule has 1 aromatic rings. The number of benzene rings is 1. The molecule has 1 amide bonds. The number of nitriles is 1. The minimum absolute atomic E-state index is 0.0410. The molecule has 1 fully saturated rings. The molecule has 0 saturated carbocycles. The van der Waals surface area contributed by atoms with Crippen LogP contribution in [0.3, 0.4) is 0 Å². The molecule has 1 aliphatic heterocycles. The molecule has 0 radical (unpaired) electrons. The minimum atomic E-state index is -2.97. The second-order valence-corrected chi connectivity index (χ2v) is 8.58. The maximum atomic E-state index is 12.1. The zero-order chi connectivity index (χ0) is 16.2. The number of carbonyl (C=O) groups is 1. The van der Waals surface area contributed by atoms with Crippen LogP contribution in [0.15, 0.2) is 24.3 Å². The van der Waals surface area contributed by atoms with Gasteiger partial charge in [0.1, 0.15) is 0 Å². The number of hydrogen-bond acceptors (Lipinski definition) is 5. The molecule has 1 heterocycles. The minimum Gasteiger partial charge on any atom is -0.341 e. The van der Waals surface area contributed by atoms with Gasteiger partial charge >= 0.3 is 0 Å². The molecule has 22 heavy (non-hydrogen) atoms. The summed E-state index contributed by atoms with van der Waals surface area (Å²) in [4.78, 5) is 13.7. The third-order valence-electron chi connectivity index (χ3n) is 3.73. The van der Waals surface area contributed by atoms with Crippen LogP contribution in [0.5, 0.6) is 0 Å². The summed E-state index contributed by atoms with van der Waals surface area (Å²) in [6.07, 6.45) is 0.533. The van der Waals surface area contributed by atoms with Crippen molar-refractivity contribution in [1.29, 1.82) is 5.26 Å². The highest BCUT2D eigenvalue weighted by Gasteiger charge is 2.32. The lowest BCUT2D eigenvalue weighted by Gasteiger charge is -2.23. The highest BCUT2D eigenvalue weighted by atomic mass is 32.2. The quantitative estimate of drug-likeness (QED) is 0.812. The molecule has 1 saturated heterocycles. The van der Waals surface area contributed by atoms with Crippen molar-refractivity contribution in [2.24, 2.45) is 0 Å². The molecule has 0 unspecified atom stereocenters. The van der Waals surface area contributed by atoms with Gasteiger partial charge in [-0.1, -0.05) is 12.1 Å². The second-order valence-electron chi connectivity index (χ2n) is 5.36. The molecule has 118 valence electrons. The van der Waals surface area contributed by atoms with Crippen molar-refractivity contribution < 1.29 is 13.2 Å². The number of carbonyl (C=O) groups excluding carboxylic acids is 1. The van der Waals surface area contributed by atoms with Gasteiger partial charge in [-0.3, -0.25) is 4.79 Å². The van der Waals surface area contributed by atoms with E-state index in [0.29, 0.717) is 23.5 Å². The zero-order valence-corrected chi connectivity index (χ0v) is 14.0. The molecule has 2 rings (SSSR count). The van der Waals surface area contributed by atoms with Crippen LogP contribution in [0.25, 0.3) is 0 Å². The zero-order valence-electron chi connectivity index (χ0n) is 12.4. The van der Waals surface area contributed by atoms with Gasteiger partial charge in [-0.25, -0.2) is 8.42 Å². The maximum Gasteiger partial charge on any atom is 0.232 e. The summed E-state index contributed by atoms with van der Waals surface area (Å²) >= 11 is 1.49. The van der Waals surface area contributed by atoms with Crippen molar-refractivity contribution in [3.63, 3.8) is 0 Å². The van der Waals surface area contributed by atoms with E-state index in [0.717, 1.165) is 5.56 Å². The van der Waals surface area contributed by atoms with Gasteiger partial charge in [0.05, 0.1) is 28.9 Å². The number of thioether (sulfide) groups is 1. The van der Waals surface area contributed by atoms with Gasteiger partial charge in [0.15, 0.2) is 9.84 Å². The molecule has 0 aromatic heterocycles. The summed E-state index contributed by atoms with van der Waals surface area (Å²) in [5.41, 5.74) is 1.68. The Kier molecular flexibility index (Phi) is 5.48. The molecular weight excluding hydrogens is 320 g/mol. The Balaban J connectivity index is 1.79. The van der Waals surface area contributed by atoms with Gasteiger partial charge in [0.2, 0.25) is 5.91 Å². The van der Waals surface area contributed by atoms with Gasteiger partial charge in [0.25, 0.3) is 0 Å². The number of nitrogens with zero attached hydrogens (tertiary/aromatic N) is 2. The van der Waals surface area contributed by atoms with Gasteiger partial charge in [-0.2, -0.15) is 5.26 Å². The first-order chi connectivity index (χ1) is 10.4. The molecule has 0 N–H and O–H groups in total. The Labute approximate surface area is 135 Å². The van der Waals surface area contributed by atoms with E-state index < -0.39 is 9.84 Å². The Morgan fingerprint density at radius 2 is 2.09 bits per heavy atom. The van der Waals surface area contributed by atoms with Crippen LogP contribution in [-0.4, -0.2) is 49.6 Å². The predicted octanol–water partition coefficient (Wildman–Crippen LogP) is 1.44. The van der Waals surface area contributed by atoms with Gasteiger partial charge < -0.3 is 4.90 Å². The van der Waals surface area contributed by atoms with Crippen LogP contribution in [0.2, 0.25) is 0 Å². The molecule has 7 heteroatoms. The van der Waals surface area contributed by atoms with Crippen LogP contribution < -0.4 is 0 Å². The molecule has 0 aliphatic carbocycles. The first-order valence-electron chi connectivity index (χ1n) is 6.94. The topological polar surface area (TPSA) is 78.2 Å². The maximum absolute atomic E-state index is 12.1. The lowest BCUT2D eigenvalue weighted by Crippen LogP contribution is -2.38. The highest BCUT2D eigenvalue weighted by Crippen LogP contribution is 2.19. The Hall–Kier alpha value is -1.52. The standard InChI is InChI=1S/C15H18N2O3S2/c1-17(14-6-7-22(19,20)11-14)15(18)10-21-9-13-4-2-12(8-16)3-5-13/h2-5,14H,6-7,9-11H2,1H3/t14-/m0/s1. The van der Waals surface area contributed by atoms with E-state index in [1.165, 1.54) is 11.8 Å². The summed E-state index contributed by atoms with van der Waals surface area (Å²) in [5.74, 6) is 1.23. The lowest BCUT2D eigenvalue weighted by molar-refractivity contribution is -0.128. The fourth-order valence-electron chi connectivity index (χ4n) is 2.32. The first-order valence-corrected chi connectivity index (χ1v) is 9.92. The van der Waals surface area contributed by atoms with E-state index >= 15 is 0 Å². The Bertz CT molecular complexity index is 678. The molecule has 5 nitrogen and oxygen atoms in total. The van der Waals surface area contributed by atoms with Gasteiger partial charge in [-0.15, -0.1) is 11.8 Å². The van der Waals surface area contributed by atoms with Crippen molar-refractivity contribution in [1.82, 2.24) is 4.90 Å². The van der Waals surface area contributed by atoms with Crippen LogP contribution in [0.1, 0.15) is 17.5 Å². The van der Waals surface area contributed by atoms with E-state index in [2.05, 4.69) is 6.07 Å². The van der Waals surface area contributed by atoms with Crippen molar-refractivity contribution in [2.45, 2.75) is 18.2 Å². The SMILES string of the molecule is CN(C(=O)CSCc1ccc(C#N)cc1)[C@H]1CCS(=O)(=O)C1. The molecule has 0 bridgehead atoms. The average Bonchev–Trinajstić information content (AvgIpc) is 2.87. The van der Waals surface area contributed by atoms with E-state index in [9.17, 15) is 13.2 Å². The van der Waals surface area contributed by atoms with Crippen LogP contribution in [-0.2, 0) is 20.4 Å². The van der Waals surface area contributed by atoms with Crippen molar-refractivity contribution in [3.8, 4) is 6.07 Å². The van der Waals surface area contributed by atoms with Crippen LogP contribution in [0, 0.1) is 11.3 Å². The highest BCUT2D eigenvalue weighted by molar-refractivity contribution is 7.99. The monoisotopic (exact) mass is 338 g/mol. The number of rotatable bonds is 5. The van der Waals surface area contributed by atoms with E-state index in [-0.39, 0.29) is 23.5 Å². The third kappa shape index (κ3) is 4.49. The Morgan fingerprint density at radius 1 is 1.41 bits per heavy atom. The first kappa shape index (κ1) is 16.8. The van der Waals surface area contributed by atoms with Crippen molar-refractivity contribution in [2.75, 3.05) is 24.3 Å². The normalized spacial score (nSPS) is 19.5. The van der Waals surface area contributed by atoms with E-state index in [4.69, 9.17) is 5.26 Å². The van der Waals surface area contributed by atoms with Crippen LogP contribution >= 0.6 is 11.8 Å². The number of sulfone groups is 1. The third-order valence-corrected chi connectivity index (χ3v) is 6.47. The summed E-state index contributed by atoms with van der Waals surface area (Å²) in [6, 6.07) is 9.15. The lowest BCUT2D eigenvalue weighted by atomic mass is 10.2. The summed E-state index contributed by atoms with van der Waals surface area (Å²) in [7, 11) is -1.29. The molecule has 1 aliphatic rings. The predicted molar refractivity (Wildman–Crippen MR) is 87.1 cm³/mol. The van der Waals surface area contributed by atoms with Crippen molar-refractivity contribution in [3.05, 3.63) is 35.4 Å². The van der Waals surface area contributed by atoms with Crippen molar-refractivity contribution >= 4 is 27.5 Å². The summed E-state index contributed by atoms with van der Waals surface area (Å²) < 4.78 is 22.9. The second kappa shape index (κ2) is 7.16. The molecule has 1 aromatic carbocycles. The number of amides is 1. The fourth-order valence-corrected chi connectivity index (χ4v) is 5.00. The summed E-state index contributed by atoms with van der Waals surface area (Å²) in [5, 5.41) is 8.73. The van der Waals surface area contributed by atoms with E-state index in [1.54, 1.807) is 24.1 Å². The summed E-state index contributed by atoms with van der Waals surface area (Å²) in [6.45, 7) is 0. The molecular formula is C15H18N2O3S2. The smallest absolute Gasteiger partial charge is 0.232 e. The fraction of sp³-hybridized carbons (Fsp3) is 0.467.